The fraction of sp³-hybridized carbons (Fsp3) is 0.714. The van der Waals surface area contributed by atoms with E-state index in [2.05, 4.69) is 10.6 Å². The molecule has 0 rings (SSSR count). The van der Waals surface area contributed by atoms with E-state index in [-0.39, 0.29) is 24.7 Å². The summed E-state index contributed by atoms with van der Waals surface area (Å²) in [6.45, 7) is 6.92. The van der Waals surface area contributed by atoms with Crippen LogP contribution in [0.1, 0.15) is 40.5 Å². The Hall–Kier alpha value is -2.12. The van der Waals surface area contributed by atoms with Crippen molar-refractivity contribution >= 4 is 23.8 Å². The van der Waals surface area contributed by atoms with Gasteiger partial charge in [0.05, 0.1) is 12.8 Å². The van der Waals surface area contributed by atoms with Crippen molar-refractivity contribution in [2.45, 2.75) is 52.6 Å². The summed E-state index contributed by atoms with van der Waals surface area (Å²) in [6.07, 6.45) is -0.584. The number of carboxylic acids is 2. The first-order valence-electron chi connectivity index (χ1n) is 7.09. The average Bonchev–Trinajstić information content (AvgIpc) is 2.35. The molecule has 126 valence electrons. The Balaban J connectivity index is 4.72. The lowest BCUT2D eigenvalue weighted by Gasteiger charge is -2.23. The van der Waals surface area contributed by atoms with Crippen molar-refractivity contribution in [2.75, 3.05) is 0 Å². The molecule has 0 aromatic rings. The normalized spacial score (nSPS) is 13.5. The number of amides is 2. The van der Waals surface area contributed by atoms with Gasteiger partial charge in [0.1, 0.15) is 0 Å². The van der Waals surface area contributed by atoms with Crippen LogP contribution in [-0.4, -0.2) is 46.0 Å². The molecule has 2 atom stereocenters. The topological polar surface area (TPSA) is 133 Å². The second-order valence-corrected chi connectivity index (χ2v) is 5.84. The maximum atomic E-state index is 11.8. The second-order valence-electron chi connectivity index (χ2n) is 5.84. The number of carbonyl (C=O) groups excluding carboxylic acids is 2. The van der Waals surface area contributed by atoms with E-state index in [0.717, 1.165) is 0 Å². The lowest BCUT2D eigenvalue weighted by atomic mass is 10.00. The van der Waals surface area contributed by atoms with E-state index in [1.807, 2.05) is 0 Å². The van der Waals surface area contributed by atoms with Gasteiger partial charge in [0.25, 0.3) is 0 Å². The molecule has 0 bridgehead atoms. The van der Waals surface area contributed by atoms with Crippen LogP contribution in [0.3, 0.4) is 0 Å². The average molecular weight is 316 g/mol. The van der Waals surface area contributed by atoms with E-state index in [0.29, 0.717) is 0 Å². The van der Waals surface area contributed by atoms with Crippen molar-refractivity contribution in [1.29, 1.82) is 0 Å². The Morgan fingerprint density at radius 3 is 1.18 bits per heavy atom. The monoisotopic (exact) mass is 316 g/mol. The third-order valence-corrected chi connectivity index (χ3v) is 3.24. The van der Waals surface area contributed by atoms with Crippen molar-refractivity contribution in [2.24, 2.45) is 11.8 Å². The number of nitrogens with one attached hydrogen (secondary N) is 2. The Bertz CT molecular complexity index is 393. The molecule has 0 heterocycles. The van der Waals surface area contributed by atoms with E-state index in [4.69, 9.17) is 10.2 Å². The van der Waals surface area contributed by atoms with Gasteiger partial charge >= 0.3 is 23.8 Å². The van der Waals surface area contributed by atoms with Gasteiger partial charge in [-0.3, -0.25) is 19.2 Å². The highest BCUT2D eigenvalue weighted by Crippen LogP contribution is 2.08. The van der Waals surface area contributed by atoms with Gasteiger partial charge in [0.15, 0.2) is 0 Å². The van der Waals surface area contributed by atoms with Gasteiger partial charge in [-0.1, -0.05) is 27.7 Å². The fourth-order valence-electron chi connectivity index (χ4n) is 1.75. The Morgan fingerprint density at radius 1 is 0.727 bits per heavy atom. The lowest BCUT2D eigenvalue weighted by molar-refractivity contribution is -0.143. The number of rotatable bonds is 8. The molecule has 0 radical (unpaired) electrons. The molecular formula is C14H24N2O6. The van der Waals surface area contributed by atoms with E-state index >= 15 is 0 Å². The summed E-state index contributed by atoms with van der Waals surface area (Å²) in [6, 6.07) is -1.35. The predicted molar refractivity (Wildman–Crippen MR) is 78.0 cm³/mol. The molecule has 2 unspecified atom stereocenters. The maximum absolute atomic E-state index is 11.8. The number of aliphatic carboxylic acids is 2. The molecule has 22 heavy (non-hydrogen) atoms. The first kappa shape index (κ1) is 19.9. The molecule has 0 aliphatic heterocycles. The zero-order valence-corrected chi connectivity index (χ0v) is 13.3. The zero-order valence-electron chi connectivity index (χ0n) is 13.3. The van der Waals surface area contributed by atoms with Crippen molar-refractivity contribution in [3.63, 3.8) is 0 Å². The molecule has 0 aromatic carbocycles. The van der Waals surface area contributed by atoms with Crippen LogP contribution in [0.25, 0.3) is 0 Å². The van der Waals surface area contributed by atoms with E-state index in [9.17, 15) is 19.2 Å². The number of carboxylic acid groups (broad SMARTS) is 2. The summed E-state index contributed by atoms with van der Waals surface area (Å²) in [5.74, 6) is -4.40. The minimum Gasteiger partial charge on any atom is -0.481 e. The van der Waals surface area contributed by atoms with Crippen LogP contribution < -0.4 is 10.6 Å². The van der Waals surface area contributed by atoms with Gasteiger partial charge in [-0.25, -0.2) is 0 Å². The largest absolute Gasteiger partial charge is 0.481 e. The third kappa shape index (κ3) is 7.61. The predicted octanol–water partition coefficient (Wildman–Crippen LogP) is 0.217. The van der Waals surface area contributed by atoms with Crippen LogP contribution in [0.15, 0.2) is 0 Å². The quantitative estimate of drug-likeness (QED) is 0.473. The summed E-state index contributed by atoms with van der Waals surface area (Å²) in [5, 5.41) is 22.3. The molecule has 0 aliphatic carbocycles. The standard InChI is InChI=1S/C14H24N2O6/c1-7(2)9(5-11(17)18)15-13(21)14(22)16-10(8(3)4)6-12(19)20/h7-10H,5-6H2,1-4H3,(H,15,21)(H,16,22)(H,17,18)(H,19,20). The molecule has 0 spiro atoms. The first-order valence-corrected chi connectivity index (χ1v) is 7.09. The summed E-state index contributed by atoms with van der Waals surface area (Å²) in [7, 11) is 0. The summed E-state index contributed by atoms with van der Waals surface area (Å²) >= 11 is 0. The highest BCUT2D eigenvalue weighted by Gasteiger charge is 2.26. The number of hydrogen-bond donors (Lipinski definition) is 4. The molecule has 0 saturated carbocycles. The van der Waals surface area contributed by atoms with E-state index in [1.165, 1.54) is 0 Å². The van der Waals surface area contributed by atoms with E-state index < -0.39 is 35.8 Å². The molecular weight excluding hydrogens is 292 g/mol. The Morgan fingerprint density at radius 2 is 1.00 bits per heavy atom. The van der Waals surface area contributed by atoms with Gasteiger partial charge in [-0.15, -0.1) is 0 Å². The second kappa shape index (κ2) is 9.01. The lowest BCUT2D eigenvalue weighted by Crippen LogP contribution is -2.50. The number of hydrogen-bond acceptors (Lipinski definition) is 4. The van der Waals surface area contributed by atoms with Gasteiger partial charge in [-0.2, -0.15) is 0 Å². The molecule has 8 heteroatoms. The fourth-order valence-corrected chi connectivity index (χ4v) is 1.75. The smallest absolute Gasteiger partial charge is 0.309 e. The van der Waals surface area contributed by atoms with Crippen LogP contribution in [0, 0.1) is 11.8 Å². The molecule has 4 N–H and O–H groups in total. The van der Waals surface area contributed by atoms with Crippen LogP contribution >= 0.6 is 0 Å². The van der Waals surface area contributed by atoms with Crippen molar-refractivity contribution in [3.8, 4) is 0 Å². The van der Waals surface area contributed by atoms with Crippen LogP contribution in [0.4, 0.5) is 0 Å². The summed E-state index contributed by atoms with van der Waals surface area (Å²) in [4.78, 5) is 45.1. The molecule has 2 amide bonds. The maximum Gasteiger partial charge on any atom is 0.309 e. The zero-order chi connectivity index (χ0) is 17.4. The Labute approximate surface area is 129 Å². The SMILES string of the molecule is CC(C)C(CC(=O)O)NC(=O)C(=O)NC(CC(=O)O)C(C)C. The van der Waals surface area contributed by atoms with E-state index in [1.54, 1.807) is 27.7 Å². The highest BCUT2D eigenvalue weighted by molar-refractivity contribution is 6.35. The van der Waals surface area contributed by atoms with Crippen molar-refractivity contribution in [3.05, 3.63) is 0 Å². The molecule has 0 saturated heterocycles. The van der Waals surface area contributed by atoms with Gasteiger partial charge < -0.3 is 20.8 Å². The Kier molecular flexibility index (Phi) is 8.14. The first-order chi connectivity index (χ1) is 10.0. The van der Waals surface area contributed by atoms with Gasteiger partial charge in [-0.05, 0) is 11.8 Å². The number of carbonyl (C=O) groups is 4. The van der Waals surface area contributed by atoms with Crippen molar-refractivity contribution in [1.82, 2.24) is 10.6 Å². The minimum absolute atomic E-state index is 0.159. The van der Waals surface area contributed by atoms with Crippen LogP contribution in [-0.2, 0) is 19.2 Å². The molecule has 0 aromatic heterocycles. The van der Waals surface area contributed by atoms with Crippen LogP contribution in [0.2, 0.25) is 0 Å². The van der Waals surface area contributed by atoms with Gasteiger partial charge in [0, 0.05) is 12.1 Å². The molecule has 0 aliphatic rings. The molecule has 0 fully saturated rings. The van der Waals surface area contributed by atoms with Gasteiger partial charge in [0.2, 0.25) is 0 Å². The third-order valence-electron chi connectivity index (χ3n) is 3.24. The molecule has 8 nitrogen and oxygen atoms in total. The summed E-state index contributed by atoms with van der Waals surface area (Å²) in [5.41, 5.74) is 0. The minimum atomic E-state index is -1.08. The highest BCUT2D eigenvalue weighted by atomic mass is 16.4. The summed E-state index contributed by atoms with van der Waals surface area (Å²) < 4.78 is 0. The van der Waals surface area contributed by atoms with Crippen LogP contribution in [0.5, 0.6) is 0 Å². The van der Waals surface area contributed by atoms with Crippen molar-refractivity contribution < 1.29 is 29.4 Å².